The summed E-state index contributed by atoms with van der Waals surface area (Å²) in [6, 6.07) is 5.80. The Kier molecular flexibility index (Phi) is 4.76. The first-order valence-corrected chi connectivity index (χ1v) is 7.28. The number of hydrogen-bond acceptors (Lipinski definition) is 3. The molecule has 1 aliphatic rings. The normalized spacial score (nSPS) is 15.7. The molecule has 1 saturated heterocycles. The van der Waals surface area contributed by atoms with Crippen LogP contribution in [-0.4, -0.2) is 44.1 Å². The second-order valence-electron chi connectivity index (χ2n) is 5.29. The van der Waals surface area contributed by atoms with Crippen molar-refractivity contribution in [2.75, 3.05) is 38.2 Å². The summed E-state index contributed by atoms with van der Waals surface area (Å²) in [4.78, 5) is 16.1. The topological polar surface area (TPSA) is 32.8 Å². The van der Waals surface area contributed by atoms with E-state index in [1.54, 1.807) is 7.11 Å². The van der Waals surface area contributed by atoms with Gasteiger partial charge in [-0.2, -0.15) is 0 Å². The van der Waals surface area contributed by atoms with Crippen LogP contribution in [0.1, 0.15) is 13.8 Å². The van der Waals surface area contributed by atoms with Gasteiger partial charge in [-0.1, -0.05) is 25.4 Å². The van der Waals surface area contributed by atoms with Gasteiger partial charge in [0, 0.05) is 37.8 Å². The second kappa shape index (κ2) is 6.35. The van der Waals surface area contributed by atoms with E-state index < -0.39 is 0 Å². The molecule has 0 bridgehead atoms. The smallest absolute Gasteiger partial charge is 0.225 e. The Morgan fingerprint density at radius 3 is 2.40 bits per heavy atom. The number of carbonyl (C=O) groups is 1. The highest BCUT2D eigenvalue weighted by atomic mass is 35.5. The van der Waals surface area contributed by atoms with Crippen LogP contribution in [0.2, 0.25) is 5.02 Å². The first-order valence-electron chi connectivity index (χ1n) is 6.90. The number of halogens is 1. The molecule has 1 heterocycles. The molecule has 5 heteroatoms. The molecule has 1 fully saturated rings. The maximum Gasteiger partial charge on any atom is 0.225 e. The molecule has 0 aliphatic carbocycles. The molecule has 1 amide bonds. The SMILES string of the molecule is COc1ccc(N2CCN(C(=O)C(C)C)CC2)cc1Cl. The molecule has 0 radical (unpaired) electrons. The van der Waals surface area contributed by atoms with Gasteiger partial charge in [-0.3, -0.25) is 4.79 Å². The molecule has 20 heavy (non-hydrogen) atoms. The van der Waals surface area contributed by atoms with Crippen molar-refractivity contribution in [2.45, 2.75) is 13.8 Å². The fraction of sp³-hybridized carbons (Fsp3) is 0.533. The molecule has 0 unspecified atom stereocenters. The van der Waals surface area contributed by atoms with Gasteiger partial charge in [0.2, 0.25) is 5.91 Å². The van der Waals surface area contributed by atoms with Gasteiger partial charge >= 0.3 is 0 Å². The van der Waals surface area contributed by atoms with Crippen LogP contribution in [-0.2, 0) is 4.79 Å². The van der Waals surface area contributed by atoms with Crippen molar-refractivity contribution >= 4 is 23.2 Å². The van der Waals surface area contributed by atoms with Crippen molar-refractivity contribution in [1.82, 2.24) is 4.90 Å². The fourth-order valence-corrected chi connectivity index (χ4v) is 2.65. The van der Waals surface area contributed by atoms with E-state index in [0.29, 0.717) is 10.8 Å². The predicted molar refractivity (Wildman–Crippen MR) is 81.6 cm³/mol. The van der Waals surface area contributed by atoms with Gasteiger partial charge in [0.1, 0.15) is 5.75 Å². The van der Waals surface area contributed by atoms with Crippen LogP contribution in [0.25, 0.3) is 0 Å². The molecular weight excluding hydrogens is 276 g/mol. The number of methoxy groups -OCH3 is 1. The number of carbonyl (C=O) groups excluding carboxylic acids is 1. The molecule has 110 valence electrons. The summed E-state index contributed by atoms with van der Waals surface area (Å²) < 4.78 is 5.16. The first-order chi connectivity index (χ1) is 9.52. The number of ether oxygens (including phenoxy) is 1. The summed E-state index contributed by atoms with van der Waals surface area (Å²) in [5.74, 6) is 0.985. The van der Waals surface area contributed by atoms with Gasteiger partial charge in [-0.15, -0.1) is 0 Å². The van der Waals surface area contributed by atoms with Crippen molar-refractivity contribution < 1.29 is 9.53 Å². The van der Waals surface area contributed by atoms with Gasteiger partial charge in [0.15, 0.2) is 0 Å². The quantitative estimate of drug-likeness (QED) is 0.860. The van der Waals surface area contributed by atoms with Crippen LogP contribution in [0.4, 0.5) is 5.69 Å². The summed E-state index contributed by atoms with van der Waals surface area (Å²) in [6.07, 6.45) is 0. The van der Waals surface area contributed by atoms with E-state index in [-0.39, 0.29) is 11.8 Å². The lowest BCUT2D eigenvalue weighted by Crippen LogP contribution is -2.49. The van der Waals surface area contributed by atoms with E-state index in [2.05, 4.69) is 4.90 Å². The zero-order valence-electron chi connectivity index (χ0n) is 12.2. The summed E-state index contributed by atoms with van der Waals surface area (Å²) in [5, 5.41) is 0.616. The molecular formula is C15H21ClN2O2. The van der Waals surface area contributed by atoms with Crippen molar-refractivity contribution in [2.24, 2.45) is 5.92 Å². The molecule has 0 atom stereocenters. The number of hydrogen-bond donors (Lipinski definition) is 0. The largest absolute Gasteiger partial charge is 0.495 e. The van der Waals surface area contributed by atoms with E-state index >= 15 is 0 Å². The molecule has 1 aromatic rings. The Morgan fingerprint density at radius 2 is 1.90 bits per heavy atom. The summed E-state index contributed by atoms with van der Waals surface area (Å²) in [6.45, 7) is 7.08. The Hall–Kier alpha value is -1.42. The average molecular weight is 297 g/mol. The van der Waals surface area contributed by atoms with Crippen molar-refractivity contribution in [3.63, 3.8) is 0 Å². The fourth-order valence-electron chi connectivity index (χ4n) is 2.40. The number of benzene rings is 1. The number of piperazine rings is 1. The monoisotopic (exact) mass is 296 g/mol. The predicted octanol–water partition coefficient (Wildman–Crippen LogP) is 2.65. The Balaban J connectivity index is 2.00. The molecule has 1 aromatic carbocycles. The van der Waals surface area contributed by atoms with Crippen molar-refractivity contribution in [3.05, 3.63) is 23.2 Å². The minimum Gasteiger partial charge on any atom is -0.495 e. The van der Waals surface area contributed by atoms with Gasteiger partial charge in [0.05, 0.1) is 12.1 Å². The van der Waals surface area contributed by atoms with Crippen LogP contribution < -0.4 is 9.64 Å². The number of nitrogens with zero attached hydrogens (tertiary/aromatic N) is 2. The van der Waals surface area contributed by atoms with Crippen LogP contribution >= 0.6 is 11.6 Å². The lowest BCUT2D eigenvalue weighted by Gasteiger charge is -2.37. The van der Waals surface area contributed by atoms with Crippen LogP contribution in [0.5, 0.6) is 5.75 Å². The van der Waals surface area contributed by atoms with E-state index in [9.17, 15) is 4.79 Å². The van der Waals surface area contributed by atoms with E-state index in [1.165, 1.54) is 0 Å². The third-order valence-electron chi connectivity index (χ3n) is 3.59. The standard InChI is InChI=1S/C15H21ClN2O2/c1-11(2)15(19)18-8-6-17(7-9-18)12-4-5-14(20-3)13(16)10-12/h4-5,10-11H,6-9H2,1-3H3. The van der Waals surface area contributed by atoms with E-state index in [1.807, 2.05) is 36.9 Å². The summed E-state index contributed by atoms with van der Waals surface area (Å²) in [5.41, 5.74) is 1.08. The molecule has 4 nitrogen and oxygen atoms in total. The third-order valence-corrected chi connectivity index (χ3v) is 3.88. The van der Waals surface area contributed by atoms with Crippen LogP contribution in [0, 0.1) is 5.92 Å². The van der Waals surface area contributed by atoms with E-state index in [4.69, 9.17) is 16.3 Å². The maximum absolute atomic E-state index is 11.9. The van der Waals surface area contributed by atoms with E-state index in [0.717, 1.165) is 31.9 Å². The first kappa shape index (κ1) is 15.0. The van der Waals surface area contributed by atoms with Crippen molar-refractivity contribution in [3.8, 4) is 5.75 Å². The highest BCUT2D eigenvalue weighted by Gasteiger charge is 2.23. The van der Waals surface area contributed by atoms with Crippen LogP contribution in [0.15, 0.2) is 18.2 Å². The lowest BCUT2D eigenvalue weighted by molar-refractivity contribution is -0.134. The molecule has 0 saturated carbocycles. The number of anilines is 1. The second-order valence-corrected chi connectivity index (χ2v) is 5.69. The lowest BCUT2D eigenvalue weighted by atomic mass is 10.1. The minimum absolute atomic E-state index is 0.0666. The van der Waals surface area contributed by atoms with Gasteiger partial charge in [-0.05, 0) is 18.2 Å². The highest BCUT2D eigenvalue weighted by Crippen LogP contribution is 2.29. The van der Waals surface area contributed by atoms with Gasteiger partial charge < -0.3 is 14.5 Å². The molecule has 0 aromatic heterocycles. The zero-order valence-corrected chi connectivity index (χ0v) is 13.0. The maximum atomic E-state index is 11.9. The highest BCUT2D eigenvalue weighted by molar-refractivity contribution is 6.32. The van der Waals surface area contributed by atoms with Crippen molar-refractivity contribution in [1.29, 1.82) is 0 Å². The molecule has 0 spiro atoms. The Labute approximate surface area is 125 Å². The third kappa shape index (κ3) is 3.18. The number of amides is 1. The average Bonchev–Trinajstić information content (AvgIpc) is 2.46. The molecule has 2 rings (SSSR count). The summed E-state index contributed by atoms with van der Waals surface area (Å²) in [7, 11) is 1.61. The minimum atomic E-state index is 0.0666. The van der Waals surface area contributed by atoms with Gasteiger partial charge in [-0.25, -0.2) is 0 Å². The van der Waals surface area contributed by atoms with Crippen LogP contribution in [0.3, 0.4) is 0 Å². The molecule has 0 N–H and O–H groups in total. The Morgan fingerprint density at radius 1 is 1.25 bits per heavy atom. The molecule has 1 aliphatic heterocycles. The van der Waals surface area contributed by atoms with Gasteiger partial charge in [0.25, 0.3) is 0 Å². The number of rotatable bonds is 3. The zero-order chi connectivity index (χ0) is 14.7. The summed E-state index contributed by atoms with van der Waals surface area (Å²) >= 11 is 6.15. The Bertz CT molecular complexity index is 483.